The zero-order valence-electron chi connectivity index (χ0n) is 13.5. The minimum atomic E-state index is -0.428. The number of methoxy groups -OCH3 is 1. The molecule has 2 N–H and O–H groups in total. The summed E-state index contributed by atoms with van der Waals surface area (Å²) in [6.45, 7) is 1.85. The van der Waals surface area contributed by atoms with E-state index in [-0.39, 0.29) is 11.8 Å². The molecule has 2 aliphatic rings. The molecule has 2 amide bonds. The van der Waals surface area contributed by atoms with Crippen LogP contribution in [0, 0.1) is 5.92 Å². The Balaban J connectivity index is 1.75. The molecule has 0 bridgehead atoms. The van der Waals surface area contributed by atoms with Crippen molar-refractivity contribution in [1.29, 1.82) is 0 Å². The predicted octanol–water partition coefficient (Wildman–Crippen LogP) is 0.707. The summed E-state index contributed by atoms with van der Waals surface area (Å²) in [7, 11) is 1.63. The number of aromatic nitrogens is 1. The van der Waals surface area contributed by atoms with E-state index in [9.17, 15) is 9.59 Å². The number of nitrogens with two attached hydrogens (primary N) is 1. The number of hydrogen-bond acceptors (Lipinski definition) is 4. The van der Waals surface area contributed by atoms with Gasteiger partial charge >= 0.3 is 0 Å². The number of rotatable bonds is 6. The van der Waals surface area contributed by atoms with E-state index in [2.05, 4.69) is 0 Å². The summed E-state index contributed by atoms with van der Waals surface area (Å²) < 4.78 is 5.04. The van der Waals surface area contributed by atoms with E-state index in [4.69, 9.17) is 15.5 Å². The van der Waals surface area contributed by atoms with Gasteiger partial charge in [0, 0.05) is 32.3 Å². The van der Waals surface area contributed by atoms with Gasteiger partial charge in [-0.2, -0.15) is 0 Å². The number of nitrogens with zero attached hydrogens (tertiary/aromatic N) is 2. The van der Waals surface area contributed by atoms with Crippen molar-refractivity contribution in [1.82, 2.24) is 9.88 Å². The lowest BCUT2D eigenvalue weighted by Crippen LogP contribution is -2.29. The second-order valence-electron chi connectivity index (χ2n) is 6.41. The van der Waals surface area contributed by atoms with Gasteiger partial charge in [0.25, 0.3) is 5.91 Å². The van der Waals surface area contributed by atoms with Gasteiger partial charge in [0.05, 0.1) is 17.9 Å². The van der Waals surface area contributed by atoms with Crippen LogP contribution in [0.3, 0.4) is 0 Å². The van der Waals surface area contributed by atoms with Crippen molar-refractivity contribution < 1.29 is 14.3 Å². The SMILES string of the molecule is COCCN1C[C@H](Cc2nc3c(cc2C(N)=O)CCC3)CC1=O. The third-order valence-electron chi connectivity index (χ3n) is 4.74. The molecule has 6 heteroatoms. The Hall–Kier alpha value is -1.95. The van der Waals surface area contributed by atoms with Crippen LogP contribution in [0.25, 0.3) is 0 Å². The predicted molar refractivity (Wildman–Crippen MR) is 85.0 cm³/mol. The first-order valence-electron chi connectivity index (χ1n) is 8.16. The molecule has 1 atom stereocenters. The van der Waals surface area contributed by atoms with Crippen molar-refractivity contribution in [2.45, 2.75) is 32.1 Å². The largest absolute Gasteiger partial charge is 0.383 e. The van der Waals surface area contributed by atoms with E-state index in [1.807, 2.05) is 11.0 Å². The van der Waals surface area contributed by atoms with Gasteiger partial charge in [0.1, 0.15) is 0 Å². The second-order valence-corrected chi connectivity index (χ2v) is 6.41. The highest BCUT2D eigenvalue weighted by Gasteiger charge is 2.31. The Morgan fingerprint density at radius 2 is 2.30 bits per heavy atom. The molecule has 0 spiro atoms. The van der Waals surface area contributed by atoms with Gasteiger partial charge in [0.2, 0.25) is 5.91 Å². The molecular weight excluding hydrogens is 294 g/mol. The lowest BCUT2D eigenvalue weighted by atomic mass is 9.97. The Bertz CT molecular complexity index is 630. The van der Waals surface area contributed by atoms with E-state index in [0.717, 1.165) is 36.2 Å². The molecule has 1 aliphatic heterocycles. The number of likely N-dealkylation sites (tertiary alicyclic amines) is 1. The highest BCUT2D eigenvalue weighted by atomic mass is 16.5. The number of aryl methyl sites for hydroxylation is 2. The summed E-state index contributed by atoms with van der Waals surface area (Å²) in [5.41, 5.74) is 9.04. The first kappa shape index (κ1) is 15.9. The molecule has 1 fully saturated rings. The number of carbonyl (C=O) groups is 2. The van der Waals surface area contributed by atoms with Crippen molar-refractivity contribution in [2.75, 3.05) is 26.8 Å². The molecule has 1 saturated heterocycles. The minimum absolute atomic E-state index is 0.147. The number of pyridine rings is 1. The van der Waals surface area contributed by atoms with Crippen LogP contribution in [0.2, 0.25) is 0 Å². The molecule has 0 aromatic carbocycles. The van der Waals surface area contributed by atoms with Gasteiger partial charge in [-0.1, -0.05) is 0 Å². The van der Waals surface area contributed by atoms with Gasteiger partial charge in [-0.15, -0.1) is 0 Å². The van der Waals surface area contributed by atoms with Gasteiger partial charge in [-0.3, -0.25) is 14.6 Å². The average molecular weight is 317 g/mol. The molecule has 124 valence electrons. The summed E-state index contributed by atoms with van der Waals surface area (Å²) in [6, 6.07) is 1.91. The van der Waals surface area contributed by atoms with Crippen molar-refractivity contribution in [2.24, 2.45) is 11.7 Å². The Morgan fingerprint density at radius 1 is 1.48 bits per heavy atom. The van der Waals surface area contributed by atoms with E-state index in [1.165, 1.54) is 0 Å². The van der Waals surface area contributed by atoms with Crippen LogP contribution in [0.5, 0.6) is 0 Å². The highest BCUT2D eigenvalue weighted by molar-refractivity contribution is 5.94. The van der Waals surface area contributed by atoms with E-state index in [1.54, 1.807) is 7.11 Å². The maximum atomic E-state index is 12.0. The van der Waals surface area contributed by atoms with Crippen LogP contribution in [-0.2, 0) is 28.8 Å². The number of ether oxygens (including phenoxy) is 1. The van der Waals surface area contributed by atoms with Crippen molar-refractivity contribution in [3.8, 4) is 0 Å². The molecule has 1 aliphatic carbocycles. The van der Waals surface area contributed by atoms with Crippen LogP contribution < -0.4 is 5.73 Å². The highest BCUT2D eigenvalue weighted by Crippen LogP contribution is 2.27. The summed E-state index contributed by atoms with van der Waals surface area (Å²) in [6.07, 6.45) is 4.14. The summed E-state index contributed by atoms with van der Waals surface area (Å²) >= 11 is 0. The van der Waals surface area contributed by atoms with Crippen molar-refractivity contribution in [3.05, 3.63) is 28.6 Å². The fraction of sp³-hybridized carbons (Fsp3) is 0.588. The minimum Gasteiger partial charge on any atom is -0.383 e. The fourth-order valence-corrected chi connectivity index (χ4v) is 3.57. The smallest absolute Gasteiger partial charge is 0.250 e. The molecule has 3 rings (SSSR count). The number of fused-ring (bicyclic) bond motifs is 1. The number of amides is 2. The number of primary amides is 1. The van der Waals surface area contributed by atoms with Gasteiger partial charge in [-0.05, 0) is 43.2 Å². The van der Waals surface area contributed by atoms with Crippen LogP contribution in [0.4, 0.5) is 0 Å². The van der Waals surface area contributed by atoms with E-state index in [0.29, 0.717) is 38.1 Å². The lowest BCUT2D eigenvalue weighted by molar-refractivity contribution is -0.128. The van der Waals surface area contributed by atoms with Crippen molar-refractivity contribution >= 4 is 11.8 Å². The van der Waals surface area contributed by atoms with Crippen LogP contribution in [0.15, 0.2) is 6.07 Å². The van der Waals surface area contributed by atoms with Crippen LogP contribution >= 0.6 is 0 Å². The van der Waals surface area contributed by atoms with Gasteiger partial charge < -0.3 is 15.4 Å². The summed E-state index contributed by atoms with van der Waals surface area (Å²) in [4.78, 5) is 30.3. The molecule has 1 aromatic heterocycles. The number of hydrogen-bond donors (Lipinski definition) is 1. The molecule has 0 saturated carbocycles. The fourth-order valence-electron chi connectivity index (χ4n) is 3.57. The molecule has 6 nitrogen and oxygen atoms in total. The number of carbonyl (C=O) groups excluding carboxylic acids is 2. The third kappa shape index (κ3) is 3.37. The third-order valence-corrected chi connectivity index (χ3v) is 4.74. The molecule has 0 radical (unpaired) electrons. The summed E-state index contributed by atoms with van der Waals surface area (Å²) in [5, 5.41) is 0. The Kier molecular flexibility index (Phi) is 4.61. The van der Waals surface area contributed by atoms with Crippen LogP contribution in [-0.4, -0.2) is 48.5 Å². The van der Waals surface area contributed by atoms with E-state index < -0.39 is 5.91 Å². The second kappa shape index (κ2) is 6.66. The van der Waals surface area contributed by atoms with E-state index >= 15 is 0 Å². The molecule has 23 heavy (non-hydrogen) atoms. The lowest BCUT2D eigenvalue weighted by Gasteiger charge is -2.16. The maximum absolute atomic E-state index is 12.0. The van der Waals surface area contributed by atoms with Gasteiger partial charge in [-0.25, -0.2) is 0 Å². The van der Waals surface area contributed by atoms with Crippen LogP contribution in [0.1, 0.15) is 40.2 Å². The monoisotopic (exact) mass is 317 g/mol. The normalized spacial score (nSPS) is 20.1. The Morgan fingerprint density at radius 3 is 3.04 bits per heavy atom. The zero-order valence-corrected chi connectivity index (χ0v) is 13.5. The first-order valence-corrected chi connectivity index (χ1v) is 8.16. The molecule has 2 heterocycles. The maximum Gasteiger partial charge on any atom is 0.250 e. The molecular formula is C17H23N3O3. The van der Waals surface area contributed by atoms with Crippen molar-refractivity contribution in [3.63, 3.8) is 0 Å². The topological polar surface area (TPSA) is 85.5 Å². The summed E-state index contributed by atoms with van der Waals surface area (Å²) in [5.74, 6) is -0.0963. The quantitative estimate of drug-likeness (QED) is 0.837. The van der Waals surface area contributed by atoms with Gasteiger partial charge in [0.15, 0.2) is 0 Å². The first-order chi connectivity index (χ1) is 11.1. The Labute approximate surface area is 136 Å². The molecule has 0 unspecified atom stereocenters. The zero-order chi connectivity index (χ0) is 16.4. The average Bonchev–Trinajstić information content (AvgIpc) is 3.10. The molecule has 1 aromatic rings. The standard InChI is InChI=1S/C17H23N3O3/c1-23-6-5-20-10-11(8-16(20)21)7-15-13(17(18)22)9-12-3-2-4-14(12)19-15/h9,11H,2-8,10H2,1H3,(H2,18,22)/t11-/m1/s1.